The van der Waals surface area contributed by atoms with E-state index in [-0.39, 0.29) is 12.3 Å². The average Bonchev–Trinajstić information content (AvgIpc) is 3.11. The van der Waals surface area contributed by atoms with Crippen LogP contribution in [0.2, 0.25) is 0 Å². The van der Waals surface area contributed by atoms with Crippen LogP contribution in [-0.4, -0.2) is 27.6 Å². The number of rotatable bonds is 8. The maximum Gasteiger partial charge on any atom is 0.232 e. The summed E-state index contributed by atoms with van der Waals surface area (Å²) in [6.07, 6.45) is 3.06. The van der Waals surface area contributed by atoms with Crippen LogP contribution < -0.4 is 11.1 Å². The van der Waals surface area contributed by atoms with Crippen LogP contribution in [-0.2, 0) is 17.6 Å². The van der Waals surface area contributed by atoms with E-state index < -0.39 is 0 Å². The van der Waals surface area contributed by atoms with Gasteiger partial charge in [-0.15, -0.1) is 21.5 Å². The number of nitrogens with zero attached hydrogens (tertiary/aromatic N) is 3. The third-order valence-electron chi connectivity index (χ3n) is 3.32. The minimum absolute atomic E-state index is 0.114. The lowest BCUT2D eigenvalue weighted by Crippen LogP contribution is -2.14. The summed E-state index contributed by atoms with van der Waals surface area (Å²) in [5, 5.41) is 15.4. The molecule has 22 heavy (non-hydrogen) atoms. The zero-order valence-electron chi connectivity index (χ0n) is 12.8. The Labute approximate surface area is 138 Å². The minimum atomic E-state index is -0.114. The van der Waals surface area contributed by atoms with Gasteiger partial charge in [0.15, 0.2) is 0 Å². The van der Waals surface area contributed by atoms with Crippen LogP contribution in [0.5, 0.6) is 0 Å². The molecule has 0 fully saturated rings. The van der Waals surface area contributed by atoms with Crippen molar-refractivity contribution in [3.8, 4) is 0 Å². The summed E-state index contributed by atoms with van der Waals surface area (Å²) in [6, 6.07) is 0. The molecular formula is C14H21N5OS2. The molecule has 0 atom stereocenters. The first-order chi connectivity index (χ1) is 10.7. The van der Waals surface area contributed by atoms with Crippen molar-refractivity contribution in [2.24, 2.45) is 5.73 Å². The fraction of sp³-hybridized carbons (Fsp3) is 0.571. The quantitative estimate of drug-likeness (QED) is 0.771. The molecule has 6 nitrogen and oxygen atoms in total. The summed E-state index contributed by atoms with van der Waals surface area (Å²) >= 11 is 2.99. The van der Waals surface area contributed by atoms with Gasteiger partial charge in [0.25, 0.3) is 0 Å². The number of anilines is 1. The normalized spacial score (nSPS) is 11.1. The Hall–Kier alpha value is -1.38. The Bertz CT molecular complexity index is 606. The van der Waals surface area contributed by atoms with Gasteiger partial charge < -0.3 is 11.1 Å². The molecular weight excluding hydrogens is 318 g/mol. The Kier molecular flexibility index (Phi) is 6.41. The number of carbonyl (C=O) groups is 1. The summed E-state index contributed by atoms with van der Waals surface area (Å²) in [5.74, 6) is 0.303. The van der Waals surface area contributed by atoms with Gasteiger partial charge in [-0.3, -0.25) is 4.79 Å². The van der Waals surface area contributed by atoms with Gasteiger partial charge in [0.1, 0.15) is 5.01 Å². The van der Waals surface area contributed by atoms with Crippen molar-refractivity contribution in [2.45, 2.75) is 45.4 Å². The third kappa shape index (κ3) is 4.56. The summed E-state index contributed by atoms with van der Waals surface area (Å²) in [6.45, 7) is 4.84. The first kappa shape index (κ1) is 17.0. The van der Waals surface area contributed by atoms with Gasteiger partial charge >= 0.3 is 0 Å². The number of nitrogens with one attached hydrogen (secondary N) is 1. The van der Waals surface area contributed by atoms with E-state index >= 15 is 0 Å². The third-order valence-corrected chi connectivity index (χ3v) is 5.28. The van der Waals surface area contributed by atoms with Crippen molar-refractivity contribution in [3.05, 3.63) is 21.1 Å². The maximum absolute atomic E-state index is 12.0. The molecule has 2 aromatic rings. The predicted octanol–water partition coefficient (Wildman–Crippen LogP) is 2.58. The molecule has 0 aliphatic heterocycles. The van der Waals surface area contributed by atoms with Crippen molar-refractivity contribution in [1.82, 2.24) is 15.2 Å². The van der Waals surface area contributed by atoms with E-state index in [1.54, 1.807) is 0 Å². The second-order valence-corrected chi connectivity index (χ2v) is 6.91. The molecule has 2 heterocycles. The average molecular weight is 339 g/mol. The second-order valence-electron chi connectivity index (χ2n) is 4.96. The zero-order valence-corrected chi connectivity index (χ0v) is 14.5. The van der Waals surface area contributed by atoms with Crippen LogP contribution in [0, 0.1) is 0 Å². The minimum Gasteiger partial charge on any atom is -0.330 e. The van der Waals surface area contributed by atoms with Crippen LogP contribution in [0.15, 0.2) is 5.38 Å². The molecule has 0 unspecified atom stereocenters. The van der Waals surface area contributed by atoms with E-state index in [1.807, 2.05) is 5.38 Å². The van der Waals surface area contributed by atoms with Gasteiger partial charge in [0.05, 0.1) is 17.1 Å². The monoisotopic (exact) mass is 339 g/mol. The summed E-state index contributed by atoms with van der Waals surface area (Å²) < 4.78 is 0. The van der Waals surface area contributed by atoms with Gasteiger partial charge in [0, 0.05) is 17.7 Å². The molecule has 0 bridgehead atoms. The molecule has 0 saturated carbocycles. The summed E-state index contributed by atoms with van der Waals surface area (Å²) in [5.41, 5.74) is 6.27. The lowest BCUT2D eigenvalue weighted by atomic mass is 10.1. The zero-order chi connectivity index (χ0) is 15.9. The molecule has 0 radical (unpaired) electrons. The molecule has 0 aromatic carbocycles. The van der Waals surface area contributed by atoms with Gasteiger partial charge in [-0.1, -0.05) is 25.2 Å². The first-order valence-corrected chi connectivity index (χ1v) is 9.12. The molecule has 1 amide bonds. The molecule has 2 aromatic heterocycles. The van der Waals surface area contributed by atoms with Gasteiger partial charge in [0.2, 0.25) is 11.0 Å². The van der Waals surface area contributed by atoms with E-state index in [0.29, 0.717) is 17.6 Å². The highest BCUT2D eigenvalue weighted by atomic mass is 32.1. The number of aromatic nitrogens is 3. The van der Waals surface area contributed by atoms with Crippen molar-refractivity contribution >= 4 is 33.7 Å². The molecule has 120 valence electrons. The Morgan fingerprint density at radius 1 is 1.36 bits per heavy atom. The summed E-state index contributed by atoms with van der Waals surface area (Å²) in [4.78, 5) is 16.4. The topological polar surface area (TPSA) is 93.8 Å². The standard InChI is InChI=1S/C14H21N5OS2/c1-3-9(4-2)13-18-19-14(22-13)17-11(20)7-10-8-21-12(16-10)5-6-15/h8-9H,3-7,15H2,1-2H3,(H,17,19,20). The molecule has 8 heteroatoms. The van der Waals surface area contributed by atoms with Crippen LogP contribution in [0.3, 0.4) is 0 Å². The van der Waals surface area contributed by atoms with Gasteiger partial charge in [-0.25, -0.2) is 4.98 Å². The number of thiazole rings is 1. The molecule has 0 aliphatic rings. The lowest BCUT2D eigenvalue weighted by Gasteiger charge is -2.05. The van der Waals surface area contributed by atoms with Crippen LogP contribution in [0.1, 0.15) is 48.3 Å². The van der Waals surface area contributed by atoms with Crippen molar-refractivity contribution in [2.75, 3.05) is 11.9 Å². The molecule has 0 saturated heterocycles. The Morgan fingerprint density at radius 2 is 2.14 bits per heavy atom. The highest BCUT2D eigenvalue weighted by Crippen LogP contribution is 2.28. The van der Waals surface area contributed by atoms with Crippen LogP contribution in [0.4, 0.5) is 5.13 Å². The molecule has 3 N–H and O–H groups in total. The highest BCUT2D eigenvalue weighted by molar-refractivity contribution is 7.15. The largest absolute Gasteiger partial charge is 0.330 e. The Balaban J connectivity index is 1.91. The van der Waals surface area contributed by atoms with Crippen LogP contribution in [0.25, 0.3) is 0 Å². The fourth-order valence-corrected chi connectivity index (χ4v) is 3.92. The van der Waals surface area contributed by atoms with E-state index in [0.717, 1.165) is 35.0 Å². The number of hydrogen-bond acceptors (Lipinski definition) is 7. The van der Waals surface area contributed by atoms with Crippen molar-refractivity contribution in [3.63, 3.8) is 0 Å². The fourth-order valence-electron chi connectivity index (χ4n) is 2.08. The number of carbonyl (C=O) groups excluding carboxylic acids is 1. The number of hydrogen-bond donors (Lipinski definition) is 2. The molecule has 0 spiro atoms. The number of amides is 1. The molecule has 2 rings (SSSR count). The van der Waals surface area contributed by atoms with E-state index in [4.69, 9.17) is 5.73 Å². The van der Waals surface area contributed by atoms with Crippen molar-refractivity contribution < 1.29 is 4.79 Å². The van der Waals surface area contributed by atoms with E-state index in [1.165, 1.54) is 22.7 Å². The second kappa shape index (κ2) is 8.30. The lowest BCUT2D eigenvalue weighted by molar-refractivity contribution is -0.115. The van der Waals surface area contributed by atoms with Gasteiger partial charge in [-0.2, -0.15) is 0 Å². The Morgan fingerprint density at radius 3 is 2.82 bits per heavy atom. The van der Waals surface area contributed by atoms with E-state index in [2.05, 4.69) is 34.3 Å². The van der Waals surface area contributed by atoms with Gasteiger partial charge in [-0.05, 0) is 19.4 Å². The summed E-state index contributed by atoms with van der Waals surface area (Å²) in [7, 11) is 0. The smallest absolute Gasteiger partial charge is 0.232 e. The van der Waals surface area contributed by atoms with E-state index in [9.17, 15) is 4.79 Å². The molecule has 0 aliphatic carbocycles. The predicted molar refractivity (Wildman–Crippen MR) is 90.4 cm³/mol. The number of nitrogens with two attached hydrogens (primary N) is 1. The SMILES string of the molecule is CCC(CC)c1nnc(NC(=O)Cc2csc(CCN)n2)s1. The van der Waals surface area contributed by atoms with Crippen molar-refractivity contribution in [1.29, 1.82) is 0 Å². The van der Waals surface area contributed by atoms with Crippen LogP contribution >= 0.6 is 22.7 Å². The highest BCUT2D eigenvalue weighted by Gasteiger charge is 2.15. The maximum atomic E-state index is 12.0. The first-order valence-electron chi connectivity index (χ1n) is 7.42.